The van der Waals surface area contributed by atoms with Crippen molar-refractivity contribution in [3.63, 3.8) is 0 Å². The Morgan fingerprint density at radius 1 is 1.60 bits per heavy atom. The molecule has 54 valence electrons. The molecule has 10 heavy (non-hydrogen) atoms. The molecule has 0 spiro atoms. The van der Waals surface area contributed by atoms with Crippen molar-refractivity contribution in [1.29, 1.82) is 0 Å². The fraction of sp³-hybridized carbons (Fsp3) is 0.250. The SMILES string of the molecule is C=CC(=O)OS(C)(=O)=O.[NaH]. The van der Waals surface area contributed by atoms with Crippen molar-refractivity contribution in [2.45, 2.75) is 0 Å². The zero-order valence-corrected chi connectivity index (χ0v) is 5.64. The van der Waals surface area contributed by atoms with Gasteiger partial charge in [0, 0.05) is 6.08 Å². The Morgan fingerprint density at radius 3 is 2.10 bits per heavy atom. The van der Waals surface area contributed by atoms with E-state index in [4.69, 9.17) is 0 Å². The molecule has 6 heteroatoms. The third kappa shape index (κ3) is 8.16. The molecule has 0 N–H and O–H groups in total. The first kappa shape index (κ1) is 12.8. The molecule has 0 fully saturated rings. The molecule has 0 aromatic rings. The number of carbonyl (C=O) groups is 1. The van der Waals surface area contributed by atoms with Crippen LogP contribution >= 0.6 is 0 Å². The van der Waals surface area contributed by atoms with Crippen molar-refractivity contribution in [2.24, 2.45) is 0 Å². The van der Waals surface area contributed by atoms with Crippen LogP contribution in [-0.4, -0.2) is 50.2 Å². The number of hydrogen-bond donors (Lipinski definition) is 0. The van der Waals surface area contributed by atoms with Crippen molar-refractivity contribution in [3.05, 3.63) is 12.7 Å². The molecular weight excluding hydrogens is 167 g/mol. The molecular formula is C4H7NaO4S. The molecule has 0 unspecified atom stereocenters. The van der Waals surface area contributed by atoms with Gasteiger partial charge in [0.25, 0.3) is 0 Å². The molecule has 0 aliphatic heterocycles. The van der Waals surface area contributed by atoms with E-state index in [2.05, 4.69) is 10.8 Å². The van der Waals surface area contributed by atoms with E-state index in [1.54, 1.807) is 0 Å². The standard InChI is InChI=1S/C4H6O4S.Na.H/c1-3-4(5)8-9(2,6)7;;/h3H,1H2,2H3;;. The Kier molecular flexibility index (Phi) is 6.27. The predicted molar refractivity (Wildman–Crippen MR) is 38.3 cm³/mol. The minimum absolute atomic E-state index is 0. The third-order valence-electron chi connectivity index (χ3n) is 0.400. The monoisotopic (exact) mass is 174 g/mol. The zero-order valence-electron chi connectivity index (χ0n) is 4.83. The molecule has 0 rings (SSSR count). The summed E-state index contributed by atoms with van der Waals surface area (Å²) in [6.45, 7) is 3.01. The second kappa shape index (κ2) is 4.90. The van der Waals surface area contributed by atoms with Gasteiger partial charge in [-0.3, -0.25) is 0 Å². The van der Waals surface area contributed by atoms with Crippen molar-refractivity contribution < 1.29 is 17.4 Å². The van der Waals surface area contributed by atoms with Gasteiger partial charge in [-0.25, -0.2) is 4.79 Å². The van der Waals surface area contributed by atoms with Crippen LogP contribution in [0, 0.1) is 0 Å². The fourth-order valence-electron chi connectivity index (χ4n) is 0.183. The summed E-state index contributed by atoms with van der Waals surface area (Å²) in [4.78, 5) is 10.1. The molecule has 0 amide bonds. The fourth-order valence-corrected chi connectivity index (χ4v) is 0.550. The molecule has 0 atom stereocenters. The predicted octanol–water partition coefficient (Wildman–Crippen LogP) is -0.973. The molecule has 0 aliphatic rings. The quantitative estimate of drug-likeness (QED) is 0.307. The van der Waals surface area contributed by atoms with Gasteiger partial charge in [-0.05, 0) is 0 Å². The third-order valence-corrected chi connectivity index (χ3v) is 0.867. The van der Waals surface area contributed by atoms with E-state index in [1.165, 1.54) is 0 Å². The molecule has 0 aromatic heterocycles. The number of rotatable bonds is 2. The first-order chi connectivity index (χ1) is 3.95. The second-order valence-electron chi connectivity index (χ2n) is 1.31. The average molecular weight is 174 g/mol. The first-order valence-electron chi connectivity index (χ1n) is 2.01. The molecule has 0 aliphatic carbocycles. The summed E-state index contributed by atoms with van der Waals surface area (Å²) in [6, 6.07) is 0. The van der Waals surface area contributed by atoms with Gasteiger partial charge in [-0.1, -0.05) is 6.58 Å². The summed E-state index contributed by atoms with van der Waals surface area (Å²) < 4.78 is 24.0. The molecule has 0 aromatic carbocycles. The molecule has 4 nitrogen and oxygen atoms in total. The van der Waals surface area contributed by atoms with Crippen LogP contribution < -0.4 is 0 Å². The maximum atomic E-state index is 10.1. The summed E-state index contributed by atoms with van der Waals surface area (Å²) in [7, 11) is -3.66. The number of hydrogen-bond acceptors (Lipinski definition) is 4. The Morgan fingerprint density at radius 2 is 2.00 bits per heavy atom. The van der Waals surface area contributed by atoms with Crippen LogP contribution in [0.5, 0.6) is 0 Å². The van der Waals surface area contributed by atoms with Crippen LogP contribution in [0.25, 0.3) is 0 Å². The summed E-state index contributed by atoms with van der Waals surface area (Å²) >= 11 is 0. The van der Waals surface area contributed by atoms with Gasteiger partial charge in [0.2, 0.25) is 0 Å². The molecule has 0 saturated heterocycles. The van der Waals surface area contributed by atoms with Crippen LogP contribution in [0.3, 0.4) is 0 Å². The zero-order chi connectivity index (χ0) is 7.49. The topological polar surface area (TPSA) is 60.4 Å². The van der Waals surface area contributed by atoms with E-state index in [-0.39, 0.29) is 29.6 Å². The van der Waals surface area contributed by atoms with Crippen LogP contribution in [-0.2, 0) is 19.1 Å². The minimum atomic E-state index is -3.66. The molecule has 0 saturated carbocycles. The van der Waals surface area contributed by atoms with Gasteiger partial charge in [0.05, 0.1) is 6.26 Å². The van der Waals surface area contributed by atoms with Gasteiger partial charge in [-0.2, -0.15) is 8.42 Å². The Hall–Kier alpha value is 0.160. The van der Waals surface area contributed by atoms with Gasteiger partial charge in [-0.15, -0.1) is 0 Å². The van der Waals surface area contributed by atoms with Crippen LogP contribution in [0.2, 0.25) is 0 Å². The van der Waals surface area contributed by atoms with E-state index in [0.717, 1.165) is 12.3 Å². The Bertz CT molecular complexity index is 217. The van der Waals surface area contributed by atoms with Gasteiger partial charge >= 0.3 is 45.6 Å². The summed E-state index contributed by atoms with van der Waals surface area (Å²) in [6.07, 6.45) is 1.56. The first-order valence-corrected chi connectivity index (χ1v) is 3.83. The number of carbonyl (C=O) groups excluding carboxylic acids is 1. The van der Waals surface area contributed by atoms with E-state index in [9.17, 15) is 13.2 Å². The summed E-state index contributed by atoms with van der Waals surface area (Å²) in [5.41, 5.74) is 0. The molecule has 0 heterocycles. The van der Waals surface area contributed by atoms with Crippen molar-refractivity contribution in [3.8, 4) is 0 Å². The van der Waals surface area contributed by atoms with Crippen LogP contribution in [0.15, 0.2) is 12.7 Å². The van der Waals surface area contributed by atoms with E-state index in [0.29, 0.717) is 0 Å². The summed E-state index contributed by atoms with van der Waals surface area (Å²) in [5.74, 6) is -0.961. The van der Waals surface area contributed by atoms with E-state index < -0.39 is 16.1 Å². The summed E-state index contributed by atoms with van der Waals surface area (Å²) in [5, 5.41) is 0. The maximum absolute atomic E-state index is 10.1. The van der Waals surface area contributed by atoms with Crippen molar-refractivity contribution >= 4 is 45.6 Å². The Balaban J connectivity index is 0. The molecule has 0 radical (unpaired) electrons. The van der Waals surface area contributed by atoms with Crippen LogP contribution in [0.4, 0.5) is 0 Å². The van der Waals surface area contributed by atoms with Gasteiger partial charge < -0.3 is 4.18 Å². The van der Waals surface area contributed by atoms with Crippen molar-refractivity contribution in [2.75, 3.05) is 6.26 Å². The normalized spacial score (nSPS) is 9.30. The van der Waals surface area contributed by atoms with E-state index >= 15 is 0 Å². The van der Waals surface area contributed by atoms with Gasteiger partial charge in [0.1, 0.15) is 0 Å². The second-order valence-corrected chi connectivity index (χ2v) is 2.89. The van der Waals surface area contributed by atoms with Crippen molar-refractivity contribution in [1.82, 2.24) is 0 Å². The Labute approximate surface area is 81.7 Å². The molecule has 0 bridgehead atoms. The average Bonchev–Trinajstić information content (AvgIpc) is 1.62. The van der Waals surface area contributed by atoms with E-state index in [1.807, 2.05) is 0 Å². The van der Waals surface area contributed by atoms with Gasteiger partial charge in [0.15, 0.2) is 0 Å². The van der Waals surface area contributed by atoms with Crippen LogP contribution in [0.1, 0.15) is 0 Å².